The van der Waals surface area contributed by atoms with Gasteiger partial charge >= 0.3 is 6.18 Å². The van der Waals surface area contributed by atoms with Crippen LogP contribution in [-0.4, -0.2) is 18.1 Å². The highest BCUT2D eigenvalue weighted by atomic mass is 35.5. The van der Waals surface area contributed by atoms with E-state index >= 15 is 0 Å². The summed E-state index contributed by atoms with van der Waals surface area (Å²) in [5.74, 6) is -0.372. The summed E-state index contributed by atoms with van der Waals surface area (Å²) in [6, 6.07) is 5.66. The highest BCUT2D eigenvalue weighted by Gasteiger charge is 2.26. The number of alkyl halides is 3. The van der Waals surface area contributed by atoms with E-state index in [1.807, 2.05) is 0 Å². The molecule has 108 valence electrons. The molecule has 1 aromatic carbocycles. The lowest BCUT2D eigenvalue weighted by Crippen LogP contribution is -2.32. The Morgan fingerprint density at radius 1 is 1.42 bits per heavy atom. The van der Waals surface area contributed by atoms with Crippen molar-refractivity contribution in [2.45, 2.75) is 32.0 Å². The Labute approximate surface area is 115 Å². The molecule has 0 aromatic heterocycles. The number of aryl methyl sites for hydroxylation is 1. The van der Waals surface area contributed by atoms with E-state index in [1.54, 1.807) is 18.2 Å². The van der Waals surface area contributed by atoms with Crippen LogP contribution in [0.4, 0.5) is 18.9 Å². The summed E-state index contributed by atoms with van der Waals surface area (Å²) in [5.41, 5.74) is 6.36. The van der Waals surface area contributed by atoms with Crippen molar-refractivity contribution in [3.8, 4) is 0 Å². The fourth-order valence-corrected chi connectivity index (χ4v) is 1.35. The smallest absolute Gasteiger partial charge is 0.325 e. The number of amides is 1. The molecular formula is C12H16ClF3N2O. The van der Waals surface area contributed by atoms with Gasteiger partial charge in [-0.15, -0.1) is 12.4 Å². The lowest BCUT2D eigenvalue weighted by atomic mass is 10.1. The fourth-order valence-electron chi connectivity index (χ4n) is 1.35. The molecule has 0 fully saturated rings. The van der Waals surface area contributed by atoms with Gasteiger partial charge in [-0.2, -0.15) is 13.2 Å². The van der Waals surface area contributed by atoms with E-state index in [0.717, 1.165) is 0 Å². The van der Waals surface area contributed by atoms with Gasteiger partial charge in [0.25, 0.3) is 0 Å². The van der Waals surface area contributed by atoms with Gasteiger partial charge in [-0.3, -0.25) is 4.79 Å². The molecule has 0 radical (unpaired) electrons. The third kappa shape index (κ3) is 7.03. The lowest BCUT2D eigenvalue weighted by Gasteiger charge is -2.10. The second-order valence-electron chi connectivity index (χ2n) is 4.09. The molecule has 1 rings (SSSR count). The van der Waals surface area contributed by atoms with Gasteiger partial charge in [0.15, 0.2) is 0 Å². The van der Waals surface area contributed by atoms with E-state index in [2.05, 4.69) is 5.32 Å². The average molecular weight is 297 g/mol. The topological polar surface area (TPSA) is 55.1 Å². The van der Waals surface area contributed by atoms with Gasteiger partial charge in [0.2, 0.25) is 5.91 Å². The van der Waals surface area contributed by atoms with Crippen LogP contribution in [0.2, 0.25) is 0 Å². The number of benzene rings is 1. The van der Waals surface area contributed by atoms with Crippen molar-refractivity contribution in [1.82, 2.24) is 0 Å². The summed E-state index contributed by atoms with van der Waals surface area (Å²) >= 11 is 0. The van der Waals surface area contributed by atoms with E-state index in [0.29, 0.717) is 11.3 Å². The number of carbonyl (C=O) groups excluding carboxylic acids is 1. The molecule has 0 saturated carbocycles. The second kappa shape index (κ2) is 7.35. The quantitative estimate of drug-likeness (QED) is 0.897. The van der Waals surface area contributed by atoms with E-state index in [4.69, 9.17) is 5.73 Å². The van der Waals surface area contributed by atoms with E-state index in [-0.39, 0.29) is 24.7 Å². The normalized spacial score (nSPS) is 12.5. The SMILES string of the molecule is C[C@H](N)C(=O)Nc1cccc(CCC(F)(F)F)c1.Cl. The molecule has 0 bridgehead atoms. The van der Waals surface area contributed by atoms with Crippen LogP contribution in [-0.2, 0) is 11.2 Å². The summed E-state index contributed by atoms with van der Waals surface area (Å²) < 4.78 is 36.2. The first kappa shape index (κ1) is 17.7. The maximum atomic E-state index is 12.1. The van der Waals surface area contributed by atoms with Crippen molar-refractivity contribution in [3.63, 3.8) is 0 Å². The molecule has 0 aliphatic carbocycles. The number of nitrogens with two attached hydrogens (primary N) is 1. The Hall–Kier alpha value is -1.27. The van der Waals surface area contributed by atoms with Crippen LogP contribution < -0.4 is 11.1 Å². The molecule has 3 N–H and O–H groups in total. The van der Waals surface area contributed by atoms with Crippen LogP contribution in [0.25, 0.3) is 0 Å². The van der Waals surface area contributed by atoms with E-state index in [9.17, 15) is 18.0 Å². The van der Waals surface area contributed by atoms with Crippen molar-refractivity contribution in [2.75, 3.05) is 5.32 Å². The first-order valence-electron chi connectivity index (χ1n) is 5.50. The Balaban J connectivity index is 0.00000324. The fraction of sp³-hybridized carbons (Fsp3) is 0.417. The molecule has 3 nitrogen and oxygen atoms in total. The third-order valence-electron chi connectivity index (χ3n) is 2.31. The number of nitrogens with one attached hydrogen (secondary N) is 1. The molecule has 1 amide bonds. The zero-order valence-corrected chi connectivity index (χ0v) is 11.1. The van der Waals surface area contributed by atoms with Crippen LogP contribution in [0.5, 0.6) is 0 Å². The number of anilines is 1. The summed E-state index contributed by atoms with van der Waals surface area (Å²) in [5, 5.41) is 2.53. The predicted octanol–water partition coefficient (Wildman–Crippen LogP) is 2.89. The lowest BCUT2D eigenvalue weighted by molar-refractivity contribution is -0.134. The highest BCUT2D eigenvalue weighted by molar-refractivity contribution is 5.94. The maximum Gasteiger partial charge on any atom is 0.389 e. The first-order chi connectivity index (χ1) is 8.28. The van der Waals surface area contributed by atoms with Crippen molar-refractivity contribution in [2.24, 2.45) is 5.73 Å². The summed E-state index contributed by atoms with van der Waals surface area (Å²) in [6.45, 7) is 1.53. The van der Waals surface area contributed by atoms with Gasteiger partial charge in [-0.05, 0) is 31.0 Å². The molecule has 1 atom stereocenters. The molecule has 0 aliphatic heterocycles. The minimum atomic E-state index is -4.18. The monoisotopic (exact) mass is 296 g/mol. The molecule has 0 spiro atoms. The Kier molecular flexibility index (Phi) is 6.86. The molecule has 0 heterocycles. The predicted molar refractivity (Wildman–Crippen MR) is 70.3 cm³/mol. The summed E-state index contributed by atoms with van der Waals surface area (Å²) in [4.78, 5) is 11.3. The van der Waals surface area contributed by atoms with Crippen molar-refractivity contribution < 1.29 is 18.0 Å². The summed E-state index contributed by atoms with van der Waals surface area (Å²) in [6.07, 6.45) is -5.16. The molecular weight excluding hydrogens is 281 g/mol. The molecule has 0 unspecified atom stereocenters. The minimum absolute atomic E-state index is 0. The minimum Gasteiger partial charge on any atom is -0.325 e. The van der Waals surface area contributed by atoms with Gasteiger partial charge in [0, 0.05) is 12.1 Å². The highest BCUT2D eigenvalue weighted by Crippen LogP contribution is 2.23. The second-order valence-corrected chi connectivity index (χ2v) is 4.09. The van der Waals surface area contributed by atoms with Crippen LogP contribution >= 0.6 is 12.4 Å². The molecule has 7 heteroatoms. The van der Waals surface area contributed by atoms with E-state index in [1.165, 1.54) is 13.0 Å². The van der Waals surface area contributed by atoms with Crippen molar-refractivity contribution in [1.29, 1.82) is 0 Å². The van der Waals surface area contributed by atoms with Crippen LogP contribution in [0.1, 0.15) is 18.9 Å². The number of halogens is 4. The zero-order chi connectivity index (χ0) is 13.8. The maximum absolute atomic E-state index is 12.1. The van der Waals surface area contributed by atoms with Crippen LogP contribution in [0.3, 0.4) is 0 Å². The molecule has 0 aliphatic rings. The van der Waals surface area contributed by atoms with Crippen molar-refractivity contribution >= 4 is 24.0 Å². The molecule has 0 saturated heterocycles. The average Bonchev–Trinajstić information content (AvgIpc) is 2.26. The Morgan fingerprint density at radius 3 is 2.58 bits per heavy atom. The third-order valence-corrected chi connectivity index (χ3v) is 2.31. The number of hydrogen-bond donors (Lipinski definition) is 2. The Morgan fingerprint density at radius 2 is 2.05 bits per heavy atom. The van der Waals surface area contributed by atoms with Crippen molar-refractivity contribution in [3.05, 3.63) is 29.8 Å². The largest absolute Gasteiger partial charge is 0.389 e. The van der Waals surface area contributed by atoms with Gasteiger partial charge < -0.3 is 11.1 Å². The Bertz CT molecular complexity index is 422. The summed E-state index contributed by atoms with van der Waals surface area (Å²) in [7, 11) is 0. The zero-order valence-electron chi connectivity index (χ0n) is 10.3. The molecule has 19 heavy (non-hydrogen) atoms. The number of carbonyl (C=O) groups is 1. The van der Waals surface area contributed by atoms with Crippen LogP contribution in [0.15, 0.2) is 24.3 Å². The van der Waals surface area contributed by atoms with E-state index < -0.39 is 18.6 Å². The van der Waals surface area contributed by atoms with Gasteiger partial charge in [-0.25, -0.2) is 0 Å². The molecule has 1 aromatic rings. The van der Waals surface area contributed by atoms with Gasteiger partial charge in [0.1, 0.15) is 0 Å². The van der Waals surface area contributed by atoms with Gasteiger partial charge in [-0.1, -0.05) is 12.1 Å². The van der Waals surface area contributed by atoms with Gasteiger partial charge in [0.05, 0.1) is 6.04 Å². The number of hydrogen-bond acceptors (Lipinski definition) is 2. The standard InChI is InChI=1S/C12H15F3N2O.ClH/c1-8(16)11(18)17-10-4-2-3-9(7-10)5-6-12(13,14)15;/h2-4,7-8H,5-6,16H2,1H3,(H,17,18);1H/t8-;/m0./s1. The van der Waals surface area contributed by atoms with Crippen LogP contribution in [0, 0.1) is 0 Å². The number of rotatable bonds is 4. The first-order valence-corrected chi connectivity index (χ1v) is 5.50.